The van der Waals surface area contributed by atoms with Crippen LogP contribution in [0.5, 0.6) is 0 Å². The maximum atomic E-state index is 10.3. The second-order valence-electron chi connectivity index (χ2n) is 6.62. The van der Waals surface area contributed by atoms with Crippen molar-refractivity contribution >= 4 is 0 Å². The van der Waals surface area contributed by atoms with Gasteiger partial charge in [0.15, 0.2) is 0 Å². The molecule has 3 aliphatic rings. The average Bonchev–Trinajstić information content (AvgIpc) is 2.53. The number of hydrogen-bond donors (Lipinski definition) is 1. The Labute approximate surface area is 99.2 Å². The van der Waals surface area contributed by atoms with E-state index in [-0.39, 0.29) is 6.10 Å². The van der Waals surface area contributed by atoms with Gasteiger partial charge in [-0.2, -0.15) is 0 Å². The van der Waals surface area contributed by atoms with Crippen molar-refractivity contribution in [3.8, 4) is 0 Å². The number of likely N-dealkylation sites (tertiary alicyclic amines) is 1. The van der Waals surface area contributed by atoms with Crippen molar-refractivity contribution < 1.29 is 9.59 Å². The molecule has 2 saturated carbocycles. The highest BCUT2D eigenvalue weighted by Crippen LogP contribution is 2.46. The van der Waals surface area contributed by atoms with Gasteiger partial charge in [0, 0.05) is 12.3 Å². The van der Waals surface area contributed by atoms with Gasteiger partial charge in [-0.25, -0.2) is 0 Å². The molecular formula is C14H26NO+. The molecule has 0 aromatic rings. The lowest BCUT2D eigenvalue weighted by Crippen LogP contribution is -2.60. The molecule has 1 heterocycles. The van der Waals surface area contributed by atoms with Crippen LogP contribution in [-0.4, -0.2) is 41.9 Å². The lowest BCUT2D eigenvalue weighted by Gasteiger charge is -2.49. The van der Waals surface area contributed by atoms with Crippen molar-refractivity contribution in [2.45, 2.75) is 57.1 Å². The van der Waals surface area contributed by atoms with Crippen molar-refractivity contribution in [2.75, 3.05) is 20.1 Å². The van der Waals surface area contributed by atoms with E-state index in [1.165, 1.54) is 62.5 Å². The van der Waals surface area contributed by atoms with Gasteiger partial charge in [0.2, 0.25) is 0 Å². The fourth-order valence-corrected chi connectivity index (χ4v) is 4.77. The Morgan fingerprint density at radius 2 is 1.62 bits per heavy atom. The molecular weight excluding hydrogens is 198 g/mol. The number of piperidine rings is 1. The summed E-state index contributed by atoms with van der Waals surface area (Å²) in [6, 6.07) is 0.772. The number of quaternary nitrogens is 1. The number of aliphatic hydroxyl groups is 1. The van der Waals surface area contributed by atoms with Crippen LogP contribution >= 0.6 is 0 Å². The van der Waals surface area contributed by atoms with Crippen LogP contribution in [0.15, 0.2) is 0 Å². The SMILES string of the molecule is C[N+]1([C@H]2CC[C@@H]3CC[C@@H]2[C@@H]3O)CCCCC1. The maximum Gasteiger partial charge on any atom is 0.0941 e. The predicted molar refractivity (Wildman–Crippen MR) is 65.0 cm³/mol. The van der Waals surface area contributed by atoms with E-state index in [9.17, 15) is 5.11 Å². The summed E-state index contributed by atoms with van der Waals surface area (Å²) in [6.45, 7) is 2.72. The van der Waals surface area contributed by atoms with Gasteiger partial charge < -0.3 is 9.59 Å². The predicted octanol–water partition coefficient (Wildman–Crippen LogP) is 2.17. The number of rotatable bonds is 1. The first-order chi connectivity index (χ1) is 7.71. The second-order valence-corrected chi connectivity index (χ2v) is 6.62. The van der Waals surface area contributed by atoms with Crippen LogP contribution in [0.2, 0.25) is 0 Å². The third-order valence-corrected chi connectivity index (χ3v) is 5.76. The smallest absolute Gasteiger partial charge is 0.0941 e. The monoisotopic (exact) mass is 224 g/mol. The van der Waals surface area contributed by atoms with Gasteiger partial charge >= 0.3 is 0 Å². The number of nitrogens with zero attached hydrogens (tertiary/aromatic N) is 1. The minimum Gasteiger partial charge on any atom is -0.392 e. The van der Waals surface area contributed by atoms with Crippen LogP contribution < -0.4 is 0 Å². The zero-order valence-corrected chi connectivity index (χ0v) is 10.6. The zero-order valence-electron chi connectivity index (χ0n) is 10.6. The fraction of sp³-hybridized carbons (Fsp3) is 1.00. The van der Waals surface area contributed by atoms with Gasteiger partial charge in [0.25, 0.3) is 0 Å². The number of hydrogen-bond acceptors (Lipinski definition) is 1. The van der Waals surface area contributed by atoms with E-state index in [0.717, 1.165) is 6.04 Å². The van der Waals surface area contributed by atoms with E-state index in [2.05, 4.69) is 7.05 Å². The first-order valence-electron chi connectivity index (χ1n) is 7.23. The standard InChI is InChI=1S/C14H26NO/c1-15(9-3-2-4-10-15)13-8-6-11-5-7-12(13)14(11)16/h11-14,16H,2-10H2,1H3/q+1/t11-,12-,13-,14+/m0/s1. The first-order valence-corrected chi connectivity index (χ1v) is 7.23. The highest BCUT2D eigenvalue weighted by atomic mass is 16.3. The Morgan fingerprint density at radius 1 is 0.938 bits per heavy atom. The van der Waals surface area contributed by atoms with Gasteiger partial charge in [0.05, 0.1) is 32.3 Å². The summed E-state index contributed by atoms with van der Waals surface area (Å²) in [5.74, 6) is 1.28. The fourth-order valence-electron chi connectivity index (χ4n) is 4.77. The summed E-state index contributed by atoms with van der Waals surface area (Å²) < 4.78 is 1.27. The quantitative estimate of drug-likeness (QED) is 0.677. The van der Waals surface area contributed by atoms with Crippen LogP contribution in [0.3, 0.4) is 0 Å². The molecule has 16 heavy (non-hydrogen) atoms. The van der Waals surface area contributed by atoms with Gasteiger partial charge in [-0.15, -0.1) is 0 Å². The summed E-state index contributed by atoms with van der Waals surface area (Å²) in [6.07, 6.45) is 9.52. The van der Waals surface area contributed by atoms with Crippen LogP contribution in [0.1, 0.15) is 44.9 Å². The lowest BCUT2D eigenvalue weighted by molar-refractivity contribution is -0.942. The Bertz CT molecular complexity index is 259. The normalized spacial score (nSPS) is 46.9. The highest BCUT2D eigenvalue weighted by molar-refractivity contribution is 4.94. The molecule has 0 aromatic carbocycles. The molecule has 2 bridgehead atoms. The summed E-state index contributed by atoms with van der Waals surface area (Å²) in [5.41, 5.74) is 0. The lowest BCUT2D eigenvalue weighted by atomic mass is 9.80. The number of fused-ring (bicyclic) bond motifs is 2. The van der Waals surface area contributed by atoms with E-state index in [0.29, 0.717) is 11.8 Å². The van der Waals surface area contributed by atoms with E-state index in [4.69, 9.17) is 0 Å². The molecule has 3 fully saturated rings. The third kappa shape index (κ3) is 1.62. The molecule has 2 aliphatic carbocycles. The summed E-state index contributed by atoms with van der Waals surface area (Å²) in [5, 5.41) is 10.3. The van der Waals surface area contributed by atoms with E-state index >= 15 is 0 Å². The average molecular weight is 224 g/mol. The van der Waals surface area contributed by atoms with Crippen molar-refractivity contribution in [3.63, 3.8) is 0 Å². The maximum absolute atomic E-state index is 10.3. The Kier molecular flexibility index (Phi) is 2.75. The molecule has 0 amide bonds. The molecule has 3 rings (SSSR count). The zero-order chi connectivity index (χ0) is 11.2. The minimum absolute atomic E-state index is 0.0376. The minimum atomic E-state index is 0.0376. The van der Waals surface area contributed by atoms with E-state index < -0.39 is 0 Å². The molecule has 1 aliphatic heterocycles. The molecule has 92 valence electrons. The summed E-state index contributed by atoms with van der Waals surface area (Å²) in [7, 11) is 2.45. The molecule has 0 unspecified atom stereocenters. The van der Waals surface area contributed by atoms with Crippen LogP contribution in [-0.2, 0) is 0 Å². The molecule has 0 spiro atoms. The molecule has 2 heteroatoms. The Balaban J connectivity index is 1.78. The van der Waals surface area contributed by atoms with Crippen LogP contribution in [0.25, 0.3) is 0 Å². The van der Waals surface area contributed by atoms with E-state index in [1.54, 1.807) is 0 Å². The molecule has 1 N–H and O–H groups in total. The van der Waals surface area contributed by atoms with Crippen molar-refractivity contribution in [3.05, 3.63) is 0 Å². The Hall–Kier alpha value is -0.0800. The van der Waals surface area contributed by atoms with Crippen LogP contribution in [0, 0.1) is 11.8 Å². The molecule has 2 nitrogen and oxygen atoms in total. The van der Waals surface area contributed by atoms with Gasteiger partial charge in [-0.3, -0.25) is 0 Å². The highest BCUT2D eigenvalue weighted by Gasteiger charge is 2.50. The first kappa shape index (κ1) is 11.0. The second kappa shape index (κ2) is 3.99. The summed E-state index contributed by atoms with van der Waals surface area (Å²) >= 11 is 0. The van der Waals surface area contributed by atoms with Gasteiger partial charge in [-0.1, -0.05) is 0 Å². The number of aliphatic hydroxyl groups excluding tert-OH is 1. The van der Waals surface area contributed by atoms with E-state index in [1.807, 2.05) is 0 Å². The van der Waals surface area contributed by atoms with Crippen molar-refractivity contribution in [2.24, 2.45) is 11.8 Å². The third-order valence-electron chi connectivity index (χ3n) is 5.76. The summed E-state index contributed by atoms with van der Waals surface area (Å²) in [4.78, 5) is 0. The van der Waals surface area contributed by atoms with Crippen molar-refractivity contribution in [1.82, 2.24) is 0 Å². The Morgan fingerprint density at radius 3 is 2.38 bits per heavy atom. The topological polar surface area (TPSA) is 20.2 Å². The van der Waals surface area contributed by atoms with Crippen molar-refractivity contribution in [1.29, 1.82) is 0 Å². The molecule has 0 aromatic heterocycles. The molecule has 4 atom stereocenters. The molecule has 1 saturated heterocycles. The van der Waals surface area contributed by atoms with Gasteiger partial charge in [-0.05, 0) is 44.4 Å². The van der Waals surface area contributed by atoms with Gasteiger partial charge in [0.1, 0.15) is 0 Å². The largest absolute Gasteiger partial charge is 0.392 e. The molecule has 0 radical (unpaired) electrons. The van der Waals surface area contributed by atoms with Crippen LogP contribution in [0.4, 0.5) is 0 Å².